The predicted molar refractivity (Wildman–Crippen MR) is 96.5 cm³/mol. The first kappa shape index (κ1) is 16.7. The summed E-state index contributed by atoms with van der Waals surface area (Å²) in [7, 11) is 0. The maximum absolute atomic E-state index is 13.2. The Hall–Kier alpha value is -1.79. The maximum atomic E-state index is 13.2. The first-order chi connectivity index (χ1) is 12.1. The number of halogens is 1. The van der Waals surface area contributed by atoms with Crippen molar-refractivity contribution in [1.82, 2.24) is 15.2 Å². The average Bonchev–Trinajstić information content (AvgIpc) is 3.07. The minimum absolute atomic E-state index is 0.136. The number of aryl methyl sites for hydroxylation is 1. The van der Waals surface area contributed by atoms with E-state index >= 15 is 0 Å². The molecule has 2 atom stereocenters. The van der Waals surface area contributed by atoms with Gasteiger partial charge in [0.05, 0.1) is 10.7 Å². The zero-order valence-corrected chi connectivity index (χ0v) is 15.1. The molecule has 2 fully saturated rings. The Morgan fingerprint density at radius 3 is 2.84 bits per heavy atom. The van der Waals surface area contributed by atoms with E-state index in [4.69, 9.17) is 0 Å². The third-order valence-electron chi connectivity index (χ3n) is 5.19. The summed E-state index contributed by atoms with van der Waals surface area (Å²) in [5.41, 5.74) is 1.82. The molecule has 0 aliphatic carbocycles. The Labute approximate surface area is 151 Å². The molecule has 3 heterocycles. The SMILES string of the molecule is Cc1nc(Cc2ccc(F)cc2)sc1C(=O)N1C2CCNCC1CC2. The first-order valence-corrected chi connectivity index (χ1v) is 9.67. The number of hydrogen-bond donors (Lipinski definition) is 1. The van der Waals surface area contributed by atoms with Crippen molar-refractivity contribution >= 4 is 17.2 Å². The highest BCUT2D eigenvalue weighted by Crippen LogP contribution is 2.32. The number of carbonyl (C=O) groups is 1. The maximum Gasteiger partial charge on any atom is 0.266 e. The molecule has 2 aliphatic rings. The van der Waals surface area contributed by atoms with E-state index in [-0.39, 0.29) is 11.7 Å². The zero-order chi connectivity index (χ0) is 17.4. The van der Waals surface area contributed by atoms with E-state index in [1.807, 2.05) is 6.92 Å². The van der Waals surface area contributed by atoms with Crippen molar-refractivity contribution in [3.05, 3.63) is 51.2 Å². The number of nitrogens with zero attached hydrogens (tertiary/aromatic N) is 2. The predicted octanol–water partition coefficient (Wildman–Crippen LogP) is 3.15. The van der Waals surface area contributed by atoms with Crippen molar-refractivity contribution in [3.63, 3.8) is 0 Å². The quantitative estimate of drug-likeness (QED) is 0.916. The van der Waals surface area contributed by atoms with Crippen molar-refractivity contribution in [3.8, 4) is 0 Å². The lowest BCUT2D eigenvalue weighted by molar-refractivity contribution is 0.0684. The summed E-state index contributed by atoms with van der Waals surface area (Å²) >= 11 is 1.48. The molecule has 2 aliphatic heterocycles. The Morgan fingerprint density at radius 1 is 1.28 bits per heavy atom. The van der Waals surface area contributed by atoms with E-state index in [0.717, 1.165) is 53.5 Å². The van der Waals surface area contributed by atoms with Gasteiger partial charge in [-0.15, -0.1) is 11.3 Å². The second-order valence-corrected chi connectivity index (χ2v) is 8.00. The van der Waals surface area contributed by atoms with E-state index in [1.165, 1.54) is 23.5 Å². The van der Waals surface area contributed by atoms with E-state index in [2.05, 4.69) is 15.2 Å². The van der Waals surface area contributed by atoms with Gasteiger partial charge in [0.15, 0.2) is 0 Å². The highest BCUT2D eigenvalue weighted by Gasteiger charge is 2.39. The summed E-state index contributed by atoms with van der Waals surface area (Å²) in [5.74, 6) is -0.100. The zero-order valence-electron chi connectivity index (χ0n) is 14.3. The fourth-order valence-corrected chi connectivity index (χ4v) is 4.98. The third kappa shape index (κ3) is 3.33. The minimum Gasteiger partial charge on any atom is -0.331 e. The van der Waals surface area contributed by atoms with Crippen LogP contribution < -0.4 is 5.32 Å². The molecule has 0 radical (unpaired) electrons. The summed E-state index contributed by atoms with van der Waals surface area (Å²) in [6, 6.07) is 7.13. The van der Waals surface area contributed by atoms with Crippen LogP contribution in [0.2, 0.25) is 0 Å². The molecular formula is C19H22FN3OS. The molecule has 2 bridgehead atoms. The molecule has 4 rings (SSSR count). The summed E-state index contributed by atoms with van der Waals surface area (Å²) in [6.07, 6.45) is 3.86. The smallest absolute Gasteiger partial charge is 0.266 e. The van der Waals surface area contributed by atoms with Gasteiger partial charge in [0.25, 0.3) is 5.91 Å². The van der Waals surface area contributed by atoms with Crippen molar-refractivity contribution in [2.75, 3.05) is 13.1 Å². The molecule has 0 saturated carbocycles. The van der Waals surface area contributed by atoms with Crippen LogP contribution in [0.1, 0.15) is 45.2 Å². The van der Waals surface area contributed by atoms with E-state index in [0.29, 0.717) is 18.5 Å². The Morgan fingerprint density at radius 2 is 2.04 bits per heavy atom. The highest BCUT2D eigenvalue weighted by molar-refractivity contribution is 7.13. The van der Waals surface area contributed by atoms with E-state index < -0.39 is 0 Å². The van der Waals surface area contributed by atoms with Crippen LogP contribution in [-0.2, 0) is 6.42 Å². The molecule has 1 aromatic carbocycles. The van der Waals surface area contributed by atoms with Crippen LogP contribution in [0.25, 0.3) is 0 Å². The fourth-order valence-electron chi connectivity index (χ4n) is 3.93. The molecule has 25 heavy (non-hydrogen) atoms. The van der Waals surface area contributed by atoms with Gasteiger partial charge in [-0.1, -0.05) is 12.1 Å². The molecule has 2 unspecified atom stereocenters. The number of amides is 1. The van der Waals surface area contributed by atoms with Gasteiger partial charge in [-0.25, -0.2) is 9.37 Å². The minimum atomic E-state index is -0.236. The second kappa shape index (κ2) is 6.84. The molecule has 132 valence electrons. The summed E-state index contributed by atoms with van der Waals surface area (Å²) < 4.78 is 13.0. The molecular weight excluding hydrogens is 337 g/mol. The van der Waals surface area contributed by atoms with Crippen molar-refractivity contribution in [2.24, 2.45) is 0 Å². The summed E-state index contributed by atoms with van der Waals surface area (Å²) in [6.45, 7) is 3.79. The molecule has 1 amide bonds. The van der Waals surface area contributed by atoms with Gasteiger partial charge >= 0.3 is 0 Å². The second-order valence-electron chi connectivity index (χ2n) is 6.92. The topological polar surface area (TPSA) is 45.2 Å². The van der Waals surface area contributed by atoms with Crippen molar-refractivity contribution in [2.45, 2.75) is 44.7 Å². The van der Waals surface area contributed by atoms with Gasteiger partial charge in [-0.3, -0.25) is 4.79 Å². The highest BCUT2D eigenvalue weighted by atomic mass is 32.1. The summed E-state index contributed by atoms with van der Waals surface area (Å²) in [5, 5.41) is 4.35. The van der Waals surface area contributed by atoms with Crippen LogP contribution in [0, 0.1) is 12.7 Å². The number of thiazole rings is 1. The van der Waals surface area contributed by atoms with Crippen molar-refractivity contribution in [1.29, 1.82) is 0 Å². The van der Waals surface area contributed by atoms with Crippen molar-refractivity contribution < 1.29 is 9.18 Å². The molecule has 2 aromatic rings. The fraction of sp³-hybridized carbons (Fsp3) is 0.474. The van der Waals surface area contributed by atoms with Crippen LogP contribution in [0.4, 0.5) is 4.39 Å². The molecule has 2 saturated heterocycles. The number of rotatable bonds is 3. The molecule has 0 spiro atoms. The normalized spacial score (nSPS) is 22.9. The average molecular weight is 359 g/mol. The van der Waals surface area contributed by atoms with Gasteiger partial charge in [-0.05, 0) is 50.4 Å². The lowest BCUT2D eigenvalue weighted by atomic mass is 10.1. The van der Waals surface area contributed by atoms with Crippen LogP contribution in [0.3, 0.4) is 0 Å². The number of benzene rings is 1. The van der Waals surface area contributed by atoms with E-state index in [1.54, 1.807) is 12.1 Å². The van der Waals surface area contributed by atoms with Crippen LogP contribution in [0.15, 0.2) is 24.3 Å². The number of nitrogens with one attached hydrogen (secondary N) is 1. The molecule has 6 heteroatoms. The first-order valence-electron chi connectivity index (χ1n) is 8.86. The van der Waals surface area contributed by atoms with E-state index in [9.17, 15) is 9.18 Å². The number of hydrogen-bond acceptors (Lipinski definition) is 4. The van der Waals surface area contributed by atoms with Gasteiger partial charge < -0.3 is 10.2 Å². The molecule has 1 aromatic heterocycles. The Balaban J connectivity index is 1.55. The number of aromatic nitrogens is 1. The Bertz CT molecular complexity index is 759. The lowest BCUT2D eigenvalue weighted by Crippen LogP contribution is -2.42. The monoisotopic (exact) mass is 359 g/mol. The third-order valence-corrected chi connectivity index (χ3v) is 6.34. The van der Waals surface area contributed by atoms with Crippen LogP contribution in [-0.4, -0.2) is 41.0 Å². The molecule has 4 nitrogen and oxygen atoms in total. The van der Waals surface area contributed by atoms with Gasteiger partial charge in [0.1, 0.15) is 10.7 Å². The largest absolute Gasteiger partial charge is 0.331 e. The summed E-state index contributed by atoms with van der Waals surface area (Å²) in [4.78, 5) is 20.6. The lowest BCUT2D eigenvalue weighted by Gasteiger charge is -2.27. The van der Waals surface area contributed by atoms with Crippen LogP contribution in [0.5, 0.6) is 0 Å². The molecule has 1 N–H and O–H groups in total. The van der Waals surface area contributed by atoms with Crippen LogP contribution >= 0.6 is 11.3 Å². The van der Waals surface area contributed by atoms with Gasteiger partial charge in [0.2, 0.25) is 0 Å². The Kier molecular flexibility index (Phi) is 4.56. The number of fused-ring (bicyclic) bond motifs is 2. The standard InChI is InChI=1S/C19H22FN3OS/c1-12-18(19(24)23-15-6-7-16(23)11-21-9-8-15)25-17(22-12)10-13-2-4-14(20)5-3-13/h2-5,15-16,21H,6-11H2,1H3. The van der Waals surface area contributed by atoms with Gasteiger partial charge in [0, 0.05) is 25.0 Å². The number of carbonyl (C=O) groups excluding carboxylic acids is 1. The van der Waals surface area contributed by atoms with Gasteiger partial charge in [-0.2, -0.15) is 0 Å².